The monoisotopic (exact) mass is 384 g/mol. The Morgan fingerprint density at radius 2 is 1.80 bits per heavy atom. The summed E-state index contributed by atoms with van der Waals surface area (Å²) in [6, 6.07) is 11.1. The molecule has 2 heterocycles. The number of hydrogen-bond acceptors (Lipinski definition) is 5. The average molecular weight is 385 g/mol. The molecule has 6 nitrogen and oxygen atoms in total. The van der Waals surface area contributed by atoms with Crippen molar-refractivity contribution in [2.75, 3.05) is 42.3 Å². The summed E-state index contributed by atoms with van der Waals surface area (Å²) in [5.41, 5.74) is 8.29. The maximum atomic E-state index is 12.0. The summed E-state index contributed by atoms with van der Waals surface area (Å²) in [5, 5.41) is 2.81. The number of halogens is 2. The number of morpholine rings is 1. The van der Waals surface area contributed by atoms with Crippen LogP contribution >= 0.6 is 24.8 Å². The van der Waals surface area contributed by atoms with Gasteiger partial charge in [0.1, 0.15) is 5.82 Å². The highest BCUT2D eigenvalue weighted by atomic mass is 35.5. The predicted octanol–water partition coefficient (Wildman–Crippen LogP) is 2.53. The van der Waals surface area contributed by atoms with Crippen LogP contribution < -0.4 is 16.0 Å². The second kappa shape index (κ2) is 10.1. The van der Waals surface area contributed by atoms with Crippen molar-refractivity contribution in [3.8, 4) is 0 Å². The molecule has 25 heavy (non-hydrogen) atoms. The number of carbonyl (C=O) groups excluding carboxylic acids is 1. The Bertz CT molecular complexity index is 659. The summed E-state index contributed by atoms with van der Waals surface area (Å²) >= 11 is 0. The lowest BCUT2D eigenvalue weighted by Crippen LogP contribution is -2.36. The van der Waals surface area contributed by atoms with Gasteiger partial charge in [-0.15, -0.1) is 24.8 Å². The molecule has 0 bridgehead atoms. The van der Waals surface area contributed by atoms with E-state index in [1.165, 1.54) is 0 Å². The highest BCUT2D eigenvalue weighted by molar-refractivity contribution is 5.91. The van der Waals surface area contributed by atoms with Crippen molar-refractivity contribution >= 4 is 47.9 Å². The zero-order chi connectivity index (χ0) is 16.1. The van der Waals surface area contributed by atoms with E-state index < -0.39 is 0 Å². The van der Waals surface area contributed by atoms with Gasteiger partial charge in [-0.3, -0.25) is 4.79 Å². The molecule has 136 valence electrons. The molecule has 1 aromatic heterocycles. The van der Waals surface area contributed by atoms with Crippen LogP contribution in [0, 0.1) is 0 Å². The van der Waals surface area contributed by atoms with Crippen LogP contribution in [0.5, 0.6) is 0 Å². The number of aromatic nitrogens is 1. The molecular weight excluding hydrogens is 363 g/mol. The Morgan fingerprint density at radius 1 is 1.12 bits per heavy atom. The van der Waals surface area contributed by atoms with Gasteiger partial charge in [0.05, 0.1) is 31.5 Å². The Labute approximate surface area is 159 Å². The number of nitrogens with two attached hydrogens (primary N) is 1. The van der Waals surface area contributed by atoms with E-state index in [4.69, 9.17) is 10.5 Å². The Morgan fingerprint density at radius 3 is 2.40 bits per heavy atom. The molecule has 1 saturated heterocycles. The summed E-state index contributed by atoms with van der Waals surface area (Å²) in [4.78, 5) is 18.6. The molecule has 1 amide bonds. The lowest BCUT2D eigenvalue weighted by molar-refractivity contribution is -0.115. The van der Waals surface area contributed by atoms with Gasteiger partial charge in [-0.1, -0.05) is 12.1 Å². The topological polar surface area (TPSA) is 80.5 Å². The number of hydrogen-bond donors (Lipinski definition) is 2. The van der Waals surface area contributed by atoms with Crippen molar-refractivity contribution in [1.82, 2.24) is 4.98 Å². The zero-order valence-electron chi connectivity index (χ0n) is 13.7. The van der Waals surface area contributed by atoms with Crippen LogP contribution in [0.15, 0.2) is 42.6 Å². The number of benzene rings is 1. The smallest absolute Gasteiger partial charge is 0.229 e. The number of pyridine rings is 1. The predicted molar refractivity (Wildman–Crippen MR) is 105 cm³/mol. The van der Waals surface area contributed by atoms with Gasteiger partial charge in [0.25, 0.3) is 0 Å². The van der Waals surface area contributed by atoms with Crippen LogP contribution in [0.3, 0.4) is 0 Å². The van der Waals surface area contributed by atoms with E-state index in [9.17, 15) is 4.79 Å². The maximum absolute atomic E-state index is 12.0. The van der Waals surface area contributed by atoms with Crippen molar-refractivity contribution in [2.45, 2.75) is 6.42 Å². The largest absolute Gasteiger partial charge is 0.399 e. The molecule has 2 aromatic rings. The fourth-order valence-electron chi connectivity index (χ4n) is 2.48. The van der Waals surface area contributed by atoms with Crippen molar-refractivity contribution in [3.05, 3.63) is 48.2 Å². The molecule has 0 atom stereocenters. The summed E-state index contributed by atoms with van der Waals surface area (Å²) < 4.78 is 5.33. The first-order valence-electron chi connectivity index (χ1n) is 7.64. The standard InChI is InChI=1S/C17H20N4O2.2ClH/c18-14-3-1-13(2-4-14)11-17(22)20-16-6-5-15(12-19-16)21-7-9-23-10-8-21;;/h1-6,12H,7-11,18H2,(H,19,20,22);2*1H. The molecule has 1 aliphatic rings. The van der Waals surface area contributed by atoms with E-state index in [2.05, 4.69) is 15.2 Å². The first kappa shape index (κ1) is 21.0. The van der Waals surface area contributed by atoms with Crippen LogP contribution in [0.4, 0.5) is 17.2 Å². The second-order valence-corrected chi connectivity index (χ2v) is 5.47. The molecule has 3 rings (SSSR count). The Balaban J connectivity index is 0.00000156. The normalized spacial score (nSPS) is 13.4. The molecule has 3 N–H and O–H groups in total. The molecule has 8 heteroatoms. The molecule has 0 spiro atoms. The van der Waals surface area contributed by atoms with Crippen molar-refractivity contribution in [3.63, 3.8) is 0 Å². The van der Waals surface area contributed by atoms with Crippen molar-refractivity contribution < 1.29 is 9.53 Å². The van der Waals surface area contributed by atoms with Crippen molar-refractivity contribution in [2.24, 2.45) is 0 Å². The van der Waals surface area contributed by atoms with E-state index in [0.717, 1.165) is 37.6 Å². The molecule has 0 aliphatic carbocycles. The highest BCUT2D eigenvalue weighted by Gasteiger charge is 2.12. The lowest BCUT2D eigenvalue weighted by Gasteiger charge is -2.28. The fourth-order valence-corrected chi connectivity index (χ4v) is 2.48. The van der Waals surface area contributed by atoms with Gasteiger partial charge in [-0.25, -0.2) is 4.98 Å². The molecule has 1 aliphatic heterocycles. The zero-order valence-corrected chi connectivity index (χ0v) is 15.3. The van der Waals surface area contributed by atoms with Crippen LogP contribution in [0.25, 0.3) is 0 Å². The van der Waals surface area contributed by atoms with E-state index in [1.807, 2.05) is 24.3 Å². The summed E-state index contributed by atoms with van der Waals surface area (Å²) in [6.07, 6.45) is 2.08. The number of nitrogens with zero attached hydrogens (tertiary/aromatic N) is 2. The molecule has 1 aromatic carbocycles. The third kappa shape index (κ3) is 6.08. The number of amides is 1. The number of ether oxygens (including phenoxy) is 1. The summed E-state index contributed by atoms with van der Waals surface area (Å²) in [6.45, 7) is 3.20. The fraction of sp³-hybridized carbons (Fsp3) is 0.294. The molecule has 0 saturated carbocycles. The number of nitrogen functional groups attached to an aromatic ring is 1. The summed E-state index contributed by atoms with van der Waals surface area (Å²) in [7, 11) is 0. The van der Waals surface area contributed by atoms with E-state index in [0.29, 0.717) is 17.9 Å². The molecule has 0 unspecified atom stereocenters. The van der Waals surface area contributed by atoms with E-state index in [-0.39, 0.29) is 30.7 Å². The van der Waals surface area contributed by atoms with Gasteiger partial charge in [0, 0.05) is 18.8 Å². The van der Waals surface area contributed by atoms with Crippen LogP contribution in [0.2, 0.25) is 0 Å². The first-order valence-corrected chi connectivity index (χ1v) is 7.64. The van der Waals surface area contributed by atoms with Gasteiger partial charge in [0.2, 0.25) is 5.91 Å². The van der Waals surface area contributed by atoms with Gasteiger partial charge in [-0.05, 0) is 29.8 Å². The van der Waals surface area contributed by atoms with E-state index in [1.54, 1.807) is 18.3 Å². The number of carbonyl (C=O) groups is 1. The van der Waals surface area contributed by atoms with Crippen LogP contribution in [-0.2, 0) is 16.0 Å². The third-order valence-corrected chi connectivity index (χ3v) is 3.74. The molecular formula is C17H22Cl2N4O2. The van der Waals surface area contributed by atoms with Gasteiger partial charge < -0.3 is 20.7 Å². The lowest BCUT2D eigenvalue weighted by atomic mass is 10.1. The Hall–Kier alpha value is -2.02. The van der Waals surface area contributed by atoms with Crippen LogP contribution in [-0.4, -0.2) is 37.2 Å². The third-order valence-electron chi connectivity index (χ3n) is 3.74. The minimum absolute atomic E-state index is 0. The minimum atomic E-state index is -0.0959. The first-order chi connectivity index (χ1) is 11.2. The second-order valence-electron chi connectivity index (χ2n) is 5.47. The number of rotatable bonds is 4. The van der Waals surface area contributed by atoms with Crippen LogP contribution in [0.1, 0.15) is 5.56 Å². The highest BCUT2D eigenvalue weighted by Crippen LogP contribution is 2.16. The van der Waals surface area contributed by atoms with Crippen molar-refractivity contribution in [1.29, 1.82) is 0 Å². The van der Waals surface area contributed by atoms with E-state index >= 15 is 0 Å². The summed E-state index contributed by atoms with van der Waals surface area (Å²) in [5.74, 6) is 0.462. The maximum Gasteiger partial charge on any atom is 0.229 e. The SMILES string of the molecule is Cl.Cl.Nc1ccc(CC(=O)Nc2ccc(N3CCOCC3)cn2)cc1. The quantitative estimate of drug-likeness (QED) is 0.791. The molecule has 1 fully saturated rings. The molecule has 0 radical (unpaired) electrons. The van der Waals surface area contributed by atoms with Gasteiger partial charge in [-0.2, -0.15) is 0 Å². The number of anilines is 3. The van der Waals surface area contributed by atoms with Gasteiger partial charge in [0.15, 0.2) is 0 Å². The minimum Gasteiger partial charge on any atom is -0.399 e. The average Bonchev–Trinajstić information content (AvgIpc) is 2.58. The van der Waals surface area contributed by atoms with Gasteiger partial charge >= 0.3 is 0 Å². The Kier molecular flexibility index (Phi) is 8.48. The number of nitrogens with one attached hydrogen (secondary N) is 1.